The van der Waals surface area contributed by atoms with Gasteiger partial charge in [-0.3, -0.25) is 4.98 Å². The number of hydrogen-bond donors (Lipinski definition) is 1. The number of aliphatic hydroxyl groups is 1. The molecule has 0 bridgehead atoms. The highest BCUT2D eigenvalue weighted by atomic mass is 19.4. The molecule has 198 valence electrons. The topological polar surface area (TPSA) is 111 Å². The van der Waals surface area contributed by atoms with Crippen LogP contribution in [0.2, 0.25) is 0 Å². The second-order valence-corrected chi connectivity index (χ2v) is 9.52. The van der Waals surface area contributed by atoms with Crippen LogP contribution in [0.1, 0.15) is 44.9 Å². The van der Waals surface area contributed by atoms with Gasteiger partial charge in [-0.05, 0) is 42.7 Å². The molecule has 0 radical (unpaired) electrons. The van der Waals surface area contributed by atoms with Crippen LogP contribution in [0.3, 0.4) is 0 Å². The zero-order valence-corrected chi connectivity index (χ0v) is 21.6. The van der Waals surface area contributed by atoms with Crippen LogP contribution in [0.5, 0.6) is 0 Å². The van der Waals surface area contributed by atoms with E-state index in [9.17, 15) is 28.8 Å². The fourth-order valence-corrected chi connectivity index (χ4v) is 4.89. The predicted molar refractivity (Wildman–Crippen MR) is 141 cm³/mol. The van der Waals surface area contributed by atoms with E-state index in [1.165, 1.54) is 18.6 Å². The van der Waals surface area contributed by atoms with E-state index in [1.807, 2.05) is 19.1 Å². The molecule has 2 aromatic carbocycles. The number of imidazole rings is 1. The van der Waals surface area contributed by atoms with E-state index >= 15 is 0 Å². The minimum Gasteiger partial charge on any atom is -0.374 e. The molecular formula is C30H21F3N6O. The second kappa shape index (κ2) is 9.60. The maximum absolute atomic E-state index is 13.2. The molecule has 40 heavy (non-hydrogen) atoms. The number of aryl methyl sites for hydroxylation is 3. The Morgan fingerprint density at radius 1 is 0.925 bits per heavy atom. The summed E-state index contributed by atoms with van der Waals surface area (Å²) in [6.07, 6.45) is -0.796. The van der Waals surface area contributed by atoms with Crippen LogP contribution in [0, 0.1) is 36.5 Å². The standard InChI is InChI=1S/C30H21F3N6O/c1-17-4-6-19(7-5-17)27-23(12-34)22-11-21(10-18(2)28(22)38-24(27)13-35)29(40,26-15-36-16-39(26)3)20-8-9-25(37-14-20)30(31,32)33/h4-11,14-16,40H,1-3H3. The number of halogens is 3. The first-order valence-electron chi connectivity index (χ1n) is 12.1. The normalized spacial score (nSPS) is 13.0. The van der Waals surface area contributed by atoms with Crippen LogP contribution >= 0.6 is 0 Å². The van der Waals surface area contributed by atoms with Crippen LogP contribution < -0.4 is 0 Å². The number of hydrogen-bond acceptors (Lipinski definition) is 6. The lowest BCUT2D eigenvalue weighted by molar-refractivity contribution is -0.141. The number of alkyl halides is 3. The van der Waals surface area contributed by atoms with Gasteiger partial charge in [-0.25, -0.2) is 9.97 Å². The van der Waals surface area contributed by atoms with E-state index in [-0.39, 0.29) is 28.1 Å². The molecule has 0 saturated heterocycles. The summed E-state index contributed by atoms with van der Waals surface area (Å²) in [4.78, 5) is 12.2. The lowest BCUT2D eigenvalue weighted by Crippen LogP contribution is -2.31. The van der Waals surface area contributed by atoms with Gasteiger partial charge in [0.25, 0.3) is 0 Å². The van der Waals surface area contributed by atoms with E-state index in [4.69, 9.17) is 0 Å². The molecule has 0 saturated carbocycles. The molecule has 10 heteroatoms. The van der Waals surface area contributed by atoms with Gasteiger partial charge in [-0.2, -0.15) is 23.7 Å². The van der Waals surface area contributed by atoms with Crippen LogP contribution in [0.15, 0.2) is 67.3 Å². The molecule has 0 amide bonds. The summed E-state index contributed by atoms with van der Waals surface area (Å²) in [5.41, 5.74) is 0.715. The molecule has 7 nitrogen and oxygen atoms in total. The molecule has 0 fully saturated rings. The molecule has 3 heterocycles. The van der Waals surface area contributed by atoms with Crippen molar-refractivity contribution in [3.8, 4) is 23.3 Å². The molecule has 0 aliphatic heterocycles. The van der Waals surface area contributed by atoms with Gasteiger partial charge in [0.15, 0.2) is 5.60 Å². The molecule has 1 unspecified atom stereocenters. The third-order valence-electron chi connectivity index (χ3n) is 6.92. The number of fused-ring (bicyclic) bond motifs is 1. The average Bonchev–Trinajstić information content (AvgIpc) is 3.38. The van der Waals surface area contributed by atoms with Gasteiger partial charge >= 0.3 is 6.18 Å². The third-order valence-corrected chi connectivity index (χ3v) is 6.92. The fourth-order valence-electron chi connectivity index (χ4n) is 4.89. The minimum absolute atomic E-state index is 0.0710. The average molecular weight is 539 g/mol. The monoisotopic (exact) mass is 538 g/mol. The summed E-state index contributed by atoms with van der Waals surface area (Å²) < 4.78 is 41.3. The number of aromatic nitrogens is 4. The Morgan fingerprint density at radius 2 is 1.65 bits per heavy atom. The van der Waals surface area contributed by atoms with E-state index in [0.29, 0.717) is 27.6 Å². The summed E-state index contributed by atoms with van der Waals surface area (Å²) in [6.45, 7) is 3.64. The van der Waals surface area contributed by atoms with Crippen molar-refractivity contribution in [1.82, 2.24) is 19.5 Å². The lowest BCUT2D eigenvalue weighted by atomic mass is 9.82. The van der Waals surface area contributed by atoms with Gasteiger partial charge in [0, 0.05) is 29.8 Å². The number of rotatable bonds is 4. The molecule has 5 aromatic rings. The van der Waals surface area contributed by atoms with Crippen molar-refractivity contribution in [2.75, 3.05) is 0 Å². The van der Waals surface area contributed by atoms with Gasteiger partial charge in [-0.15, -0.1) is 0 Å². The quantitative estimate of drug-likeness (QED) is 0.315. The van der Waals surface area contributed by atoms with E-state index in [0.717, 1.165) is 17.8 Å². The predicted octanol–water partition coefficient (Wildman–Crippen LogP) is 5.69. The maximum atomic E-state index is 13.2. The van der Waals surface area contributed by atoms with Gasteiger partial charge in [0.2, 0.25) is 0 Å². The Bertz CT molecular complexity index is 1850. The SMILES string of the molecule is Cc1ccc(-c2c(C#N)nc3c(C)cc(C(O)(c4ccc(C(F)(F)F)nc4)c4cncn4C)cc3c2C#N)cc1. The van der Waals surface area contributed by atoms with E-state index in [2.05, 4.69) is 27.1 Å². The molecule has 1 atom stereocenters. The van der Waals surface area contributed by atoms with Crippen molar-refractivity contribution in [3.63, 3.8) is 0 Å². The zero-order valence-electron chi connectivity index (χ0n) is 21.6. The van der Waals surface area contributed by atoms with E-state index < -0.39 is 17.5 Å². The van der Waals surface area contributed by atoms with Crippen molar-refractivity contribution < 1.29 is 18.3 Å². The molecule has 0 aliphatic carbocycles. The largest absolute Gasteiger partial charge is 0.433 e. The highest BCUT2D eigenvalue weighted by Gasteiger charge is 2.39. The highest BCUT2D eigenvalue weighted by molar-refractivity contribution is 5.95. The van der Waals surface area contributed by atoms with Crippen molar-refractivity contribution >= 4 is 10.9 Å². The molecular weight excluding hydrogens is 517 g/mol. The number of nitrogens with zero attached hydrogens (tertiary/aromatic N) is 6. The maximum Gasteiger partial charge on any atom is 0.433 e. The molecule has 3 aromatic heterocycles. The van der Waals surface area contributed by atoms with Gasteiger partial charge in [0.05, 0.1) is 29.3 Å². The highest BCUT2D eigenvalue weighted by Crippen LogP contribution is 2.41. The summed E-state index contributed by atoms with van der Waals surface area (Å²) >= 11 is 0. The van der Waals surface area contributed by atoms with Gasteiger partial charge in [0.1, 0.15) is 23.5 Å². The van der Waals surface area contributed by atoms with Crippen LogP contribution in [-0.4, -0.2) is 24.6 Å². The van der Waals surface area contributed by atoms with Crippen molar-refractivity contribution in [2.45, 2.75) is 25.6 Å². The Hall–Kier alpha value is -5.06. The molecule has 0 aliphatic rings. The lowest BCUT2D eigenvalue weighted by Gasteiger charge is -2.30. The van der Waals surface area contributed by atoms with Gasteiger partial charge in [-0.1, -0.05) is 42.0 Å². The Labute approximate surface area is 227 Å². The molecule has 5 rings (SSSR count). The van der Waals surface area contributed by atoms with Gasteiger partial charge < -0.3 is 9.67 Å². The first-order valence-corrected chi connectivity index (χ1v) is 12.1. The Balaban J connectivity index is 1.84. The van der Waals surface area contributed by atoms with Crippen LogP contribution in [0.4, 0.5) is 13.2 Å². The second-order valence-electron chi connectivity index (χ2n) is 9.52. The molecule has 0 spiro atoms. The third kappa shape index (κ3) is 4.25. The summed E-state index contributed by atoms with van der Waals surface area (Å²) in [5, 5.41) is 32.9. The smallest absolute Gasteiger partial charge is 0.374 e. The number of nitriles is 2. The molecule has 1 N–H and O–H groups in total. The summed E-state index contributed by atoms with van der Waals surface area (Å²) in [7, 11) is 1.65. The Morgan fingerprint density at radius 3 is 2.20 bits per heavy atom. The van der Waals surface area contributed by atoms with Crippen molar-refractivity contribution in [1.29, 1.82) is 10.5 Å². The zero-order chi connectivity index (χ0) is 28.8. The summed E-state index contributed by atoms with van der Waals surface area (Å²) in [6, 6.07) is 16.8. The number of benzene rings is 2. The van der Waals surface area contributed by atoms with Crippen molar-refractivity contribution in [3.05, 3.63) is 112 Å². The summed E-state index contributed by atoms with van der Waals surface area (Å²) in [5.74, 6) is 0. The fraction of sp³-hybridized carbons (Fsp3) is 0.167. The van der Waals surface area contributed by atoms with E-state index in [1.54, 1.807) is 42.8 Å². The van der Waals surface area contributed by atoms with Crippen LogP contribution in [-0.2, 0) is 18.8 Å². The minimum atomic E-state index is -4.65. The number of pyridine rings is 2. The Kier molecular flexibility index (Phi) is 6.37. The first kappa shape index (κ1) is 26.5. The van der Waals surface area contributed by atoms with Crippen molar-refractivity contribution in [2.24, 2.45) is 7.05 Å². The first-order chi connectivity index (χ1) is 19.0. The van der Waals surface area contributed by atoms with Crippen LogP contribution in [0.25, 0.3) is 22.0 Å².